The smallest absolute Gasteiger partial charge is 0.0349 e. The van der Waals surface area contributed by atoms with E-state index in [9.17, 15) is 0 Å². The van der Waals surface area contributed by atoms with Gasteiger partial charge in [-0.2, -0.15) is 0 Å². The molecule has 0 amide bonds. The average Bonchev–Trinajstić information content (AvgIpc) is 2.19. The van der Waals surface area contributed by atoms with E-state index in [1.165, 1.54) is 31.2 Å². The van der Waals surface area contributed by atoms with Crippen molar-refractivity contribution in [1.82, 2.24) is 0 Å². The van der Waals surface area contributed by atoms with Crippen molar-refractivity contribution in [2.45, 2.75) is 45.4 Å². The predicted molar refractivity (Wildman–Crippen MR) is 65.8 cm³/mol. The van der Waals surface area contributed by atoms with Crippen LogP contribution >= 0.6 is 0 Å². The van der Waals surface area contributed by atoms with Crippen LogP contribution in [0.2, 0.25) is 0 Å². The summed E-state index contributed by atoms with van der Waals surface area (Å²) in [5, 5.41) is 0. The van der Waals surface area contributed by atoms with Gasteiger partial charge in [-0.25, -0.2) is 0 Å². The molecule has 0 aliphatic heterocycles. The van der Waals surface area contributed by atoms with Crippen molar-refractivity contribution in [2.75, 3.05) is 5.73 Å². The van der Waals surface area contributed by atoms with Gasteiger partial charge in [0.2, 0.25) is 0 Å². The minimum Gasteiger partial charge on any atom is -0.398 e. The molecule has 1 aromatic rings. The lowest BCUT2D eigenvalue weighted by Gasteiger charge is -2.39. The predicted octanol–water partition coefficient (Wildman–Crippen LogP) is 3.95. The number of hydrogen-bond donors (Lipinski definition) is 1. The van der Waals surface area contributed by atoms with Crippen molar-refractivity contribution in [2.24, 2.45) is 5.41 Å². The Morgan fingerprint density at radius 2 is 1.93 bits per heavy atom. The van der Waals surface area contributed by atoms with Crippen LogP contribution in [0.25, 0.3) is 0 Å². The minimum atomic E-state index is 0.410. The van der Waals surface area contributed by atoms with Gasteiger partial charge in [-0.3, -0.25) is 0 Å². The van der Waals surface area contributed by atoms with Gasteiger partial charge in [0.15, 0.2) is 0 Å². The lowest BCUT2D eigenvalue weighted by atomic mass is 9.66. The number of hydrogen-bond acceptors (Lipinski definition) is 1. The summed E-state index contributed by atoms with van der Waals surface area (Å²) < 4.78 is 0. The van der Waals surface area contributed by atoms with Crippen molar-refractivity contribution >= 4 is 5.69 Å². The Balaban J connectivity index is 2.33. The number of nitrogen functional groups attached to an aromatic ring is 1. The molecule has 1 atom stereocenters. The Labute approximate surface area is 92.7 Å². The zero-order valence-electron chi connectivity index (χ0n) is 9.79. The van der Waals surface area contributed by atoms with Crippen molar-refractivity contribution in [3.05, 3.63) is 29.8 Å². The molecule has 1 aliphatic rings. The lowest BCUT2D eigenvalue weighted by Crippen LogP contribution is -2.26. The van der Waals surface area contributed by atoms with Gasteiger partial charge in [-0.1, -0.05) is 44.9 Å². The van der Waals surface area contributed by atoms with Gasteiger partial charge in [0.25, 0.3) is 0 Å². The fraction of sp³-hybridized carbons (Fsp3) is 0.571. The first-order chi connectivity index (χ1) is 7.11. The van der Waals surface area contributed by atoms with E-state index in [1.807, 2.05) is 12.1 Å². The SMILES string of the molecule is CC1(C)CCCCC1c1ccccc1N. The number of benzene rings is 1. The second-order valence-corrected chi connectivity index (χ2v) is 5.42. The van der Waals surface area contributed by atoms with Crippen LogP contribution in [-0.4, -0.2) is 0 Å². The van der Waals surface area contributed by atoms with E-state index in [0.717, 1.165) is 5.69 Å². The Bertz CT molecular complexity index is 341. The van der Waals surface area contributed by atoms with E-state index in [4.69, 9.17) is 5.73 Å². The molecule has 0 bridgehead atoms. The first-order valence-electron chi connectivity index (χ1n) is 5.96. The third-order valence-corrected chi connectivity index (χ3v) is 3.88. The fourth-order valence-corrected chi connectivity index (χ4v) is 2.90. The summed E-state index contributed by atoms with van der Waals surface area (Å²) in [6, 6.07) is 8.36. The molecule has 1 fully saturated rings. The Hall–Kier alpha value is -0.980. The average molecular weight is 203 g/mol. The number of nitrogens with two attached hydrogens (primary N) is 1. The highest BCUT2D eigenvalue weighted by Gasteiger charge is 2.33. The zero-order chi connectivity index (χ0) is 10.9. The highest BCUT2D eigenvalue weighted by atomic mass is 14.6. The maximum Gasteiger partial charge on any atom is 0.0349 e. The van der Waals surface area contributed by atoms with Gasteiger partial charge in [0.05, 0.1) is 0 Å². The number of rotatable bonds is 1. The monoisotopic (exact) mass is 203 g/mol. The molecule has 1 nitrogen and oxygen atoms in total. The summed E-state index contributed by atoms with van der Waals surface area (Å²) in [6.45, 7) is 4.76. The van der Waals surface area contributed by atoms with Crippen molar-refractivity contribution in [1.29, 1.82) is 0 Å². The van der Waals surface area contributed by atoms with Crippen LogP contribution in [0.5, 0.6) is 0 Å². The maximum atomic E-state index is 6.07. The van der Waals surface area contributed by atoms with E-state index in [-0.39, 0.29) is 0 Å². The van der Waals surface area contributed by atoms with E-state index >= 15 is 0 Å². The normalized spacial score (nSPS) is 25.1. The lowest BCUT2D eigenvalue weighted by molar-refractivity contribution is 0.200. The van der Waals surface area contributed by atoms with Crippen LogP contribution in [0.15, 0.2) is 24.3 Å². The van der Waals surface area contributed by atoms with Crippen LogP contribution in [-0.2, 0) is 0 Å². The molecular weight excluding hydrogens is 182 g/mol. The van der Waals surface area contributed by atoms with Gasteiger partial charge in [0, 0.05) is 5.69 Å². The molecule has 1 aromatic carbocycles. The van der Waals surface area contributed by atoms with Gasteiger partial charge in [-0.05, 0) is 35.8 Å². The molecule has 1 heteroatoms. The summed E-state index contributed by atoms with van der Waals surface area (Å²) in [6.07, 6.45) is 5.34. The Morgan fingerprint density at radius 1 is 1.20 bits per heavy atom. The number of anilines is 1. The third-order valence-electron chi connectivity index (χ3n) is 3.88. The molecule has 2 N–H and O–H groups in total. The first-order valence-corrected chi connectivity index (χ1v) is 5.96. The van der Waals surface area contributed by atoms with Crippen molar-refractivity contribution in [3.8, 4) is 0 Å². The molecule has 1 unspecified atom stereocenters. The molecule has 1 aliphatic carbocycles. The summed E-state index contributed by atoms with van der Waals surface area (Å²) in [4.78, 5) is 0. The molecule has 0 aromatic heterocycles. The van der Waals surface area contributed by atoms with Crippen LogP contribution in [0, 0.1) is 5.41 Å². The third kappa shape index (κ3) is 2.01. The summed E-state index contributed by atoms with van der Waals surface area (Å²) in [5.74, 6) is 0.646. The van der Waals surface area contributed by atoms with Gasteiger partial charge < -0.3 is 5.73 Å². The molecule has 0 radical (unpaired) electrons. The molecule has 82 valence electrons. The van der Waals surface area contributed by atoms with E-state index in [0.29, 0.717) is 11.3 Å². The van der Waals surface area contributed by atoms with Crippen LogP contribution in [0.3, 0.4) is 0 Å². The van der Waals surface area contributed by atoms with E-state index in [2.05, 4.69) is 26.0 Å². The summed E-state index contributed by atoms with van der Waals surface area (Å²) in [7, 11) is 0. The van der Waals surface area contributed by atoms with Gasteiger partial charge >= 0.3 is 0 Å². The highest BCUT2D eigenvalue weighted by Crippen LogP contribution is 2.47. The first kappa shape index (κ1) is 10.5. The van der Waals surface area contributed by atoms with Crippen molar-refractivity contribution < 1.29 is 0 Å². The van der Waals surface area contributed by atoms with Crippen molar-refractivity contribution in [3.63, 3.8) is 0 Å². The van der Waals surface area contributed by atoms with Crippen LogP contribution in [0.4, 0.5) is 5.69 Å². The molecule has 15 heavy (non-hydrogen) atoms. The maximum absolute atomic E-state index is 6.07. The topological polar surface area (TPSA) is 26.0 Å². The van der Waals surface area contributed by atoms with E-state index < -0.39 is 0 Å². The molecular formula is C14H21N. The van der Waals surface area contributed by atoms with Crippen LogP contribution in [0.1, 0.15) is 51.0 Å². The quantitative estimate of drug-likeness (QED) is 0.687. The Morgan fingerprint density at radius 3 is 2.60 bits per heavy atom. The number of para-hydroxylation sites is 1. The van der Waals surface area contributed by atoms with Gasteiger partial charge in [0.1, 0.15) is 0 Å². The summed E-state index contributed by atoms with van der Waals surface area (Å²) >= 11 is 0. The molecule has 0 heterocycles. The molecule has 0 saturated heterocycles. The van der Waals surface area contributed by atoms with E-state index in [1.54, 1.807) is 0 Å². The zero-order valence-corrected chi connectivity index (χ0v) is 9.79. The van der Waals surface area contributed by atoms with Gasteiger partial charge in [-0.15, -0.1) is 0 Å². The highest BCUT2D eigenvalue weighted by molar-refractivity contribution is 5.49. The largest absolute Gasteiger partial charge is 0.398 e. The Kier molecular flexibility index (Phi) is 2.72. The molecule has 0 spiro atoms. The second kappa shape index (κ2) is 3.88. The molecule has 1 saturated carbocycles. The fourth-order valence-electron chi connectivity index (χ4n) is 2.90. The minimum absolute atomic E-state index is 0.410. The second-order valence-electron chi connectivity index (χ2n) is 5.42. The standard InChI is InChI=1S/C14H21N/c1-14(2)10-6-5-8-12(14)11-7-3-4-9-13(11)15/h3-4,7,9,12H,5-6,8,10,15H2,1-2H3. The summed E-state index contributed by atoms with van der Waals surface area (Å²) in [5.41, 5.74) is 8.82. The molecule has 2 rings (SSSR count). The van der Waals surface area contributed by atoms with Crippen LogP contribution < -0.4 is 5.73 Å².